The predicted octanol–water partition coefficient (Wildman–Crippen LogP) is 2.19. The van der Waals surface area contributed by atoms with Gasteiger partial charge in [0.15, 0.2) is 5.13 Å². The molecular weight excluding hydrogens is 252 g/mol. The molecule has 0 aromatic carbocycles. The zero-order valence-corrected chi connectivity index (χ0v) is 11.7. The van der Waals surface area contributed by atoms with Crippen molar-refractivity contribution in [1.29, 1.82) is 0 Å². The third kappa shape index (κ3) is 2.49. The zero-order valence-electron chi connectivity index (χ0n) is 10.8. The monoisotopic (exact) mass is 270 g/mol. The summed E-state index contributed by atoms with van der Waals surface area (Å²) in [6.07, 6.45) is 0.968. The minimum atomic E-state index is -0.890. The highest BCUT2D eigenvalue weighted by Crippen LogP contribution is 2.32. The summed E-state index contributed by atoms with van der Waals surface area (Å²) in [6.45, 7) is 5.38. The first-order chi connectivity index (χ1) is 8.50. The average Bonchev–Trinajstić information content (AvgIpc) is 2.97. The molecule has 0 saturated carbocycles. The van der Waals surface area contributed by atoms with Gasteiger partial charge in [-0.05, 0) is 12.3 Å². The normalized spacial score (nSPS) is 19.4. The van der Waals surface area contributed by atoms with Crippen molar-refractivity contribution in [3.8, 4) is 0 Å². The Kier molecular flexibility index (Phi) is 3.87. The molecule has 1 unspecified atom stereocenters. The van der Waals surface area contributed by atoms with Gasteiger partial charge in [0.1, 0.15) is 4.88 Å². The van der Waals surface area contributed by atoms with Crippen LogP contribution in [0.5, 0.6) is 0 Å². The van der Waals surface area contributed by atoms with Crippen LogP contribution in [0.3, 0.4) is 0 Å². The maximum atomic E-state index is 11.2. The van der Waals surface area contributed by atoms with E-state index in [0.717, 1.165) is 18.2 Å². The number of aromatic nitrogens is 1. The molecule has 5 nitrogen and oxygen atoms in total. The third-order valence-electron chi connectivity index (χ3n) is 3.14. The number of thiazole rings is 1. The Hall–Kier alpha value is -1.14. The highest BCUT2D eigenvalue weighted by atomic mass is 32.1. The molecule has 0 radical (unpaired) electrons. The van der Waals surface area contributed by atoms with Crippen molar-refractivity contribution in [2.45, 2.75) is 32.2 Å². The topological polar surface area (TPSA) is 62.7 Å². The molecule has 0 bridgehead atoms. The Labute approximate surface area is 110 Å². The number of carboxylic acid groups (broad SMARTS) is 1. The second kappa shape index (κ2) is 5.24. The minimum absolute atomic E-state index is 0.120. The average molecular weight is 270 g/mol. The Bertz CT molecular complexity index is 439. The summed E-state index contributed by atoms with van der Waals surface area (Å²) in [4.78, 5) is 18.1. The van der Waals surface area contributed by atoms with E-state index >= 15 is 0 Å². The molecule has 0 aliphatic carbocycles. The largest absolute Gasteiger partial charge is 0.477 e. The van der Waals surface area contributed by atoms with Gasteiger partial charge >= 0.3 is 5.97 Å². The van der Waals surface area contributed by atoms with Crippen LogP contribution in [0.25, 0.3) is 0 Å². The van der Waals surface area contributed by atoms with E-state index in [9.17, 15) is 9.90 Å². The second-order valence-corrected chi connectivity index (χ2v) is 5.78. The van der Waals surface area contributed by atoms with Crippen LogP contribution in [-0.2, 0) is 4.74 Å². The summed E-state index contributed by atoms with van der Waals surface area (Å²) >= 11 is 1.25. The van der Waals surface area contributed by atoms with Crippen LogP contribution in [-0.4, -0.2) is 42.4 Å². The molecule has 1 saturated heterocycles. The molecule has 1 aliphatic rings. The number of anilines is 1. The molecule has 0 amide bonds. The molecule has 1 aromatic heterocycles. The van der Waals surface area contributed by atoms with E-state index in [4.69, 9.17) is 4.74 Å². The summed E-state index contributed by atoms with van der Waals surface area (Å²) < 4.78 is 5.35. The quantitative estimate of drug-likeness (QED) is 0.908. The highest BCUT2D eigenvalue weighted by Gasteiger charge is 2.26. The van der Waals surface area contributed by atoms with Gasteiger partial charge in [-0.3, -0.25) is 0 Å². The van der Waals surface area contributed by atoms with Gasteiger partial charge in [0.25, 0.3) is 0 Å². The van der Waals surface area contributed by atoms with E-state index in [1.807, 2.05) is 25.8 Å². The number of hydrogen-bond acceptors (Lipinski definition) is 5. The lowest BCUT2D eigenvalue weighted by Gasteiger charge is -2.21. The lowest BCUT2D eigenvalue weighted by atomic mass is 10.1. The smallest absolute Gasteiger partial charge is 0.347 e. The summed E-state index contributed by atoms with van der Waals surface area (Å²) in [5.74, 6) is -0.771. The Morgan fingerprint density at radius 1 is 1.61 bits per heavy atom. The second-order valence-electron chi connectivity index (χ2n) is 4.80. The first-order valence-electron chi connectivity index (χ1n) is 6.05. The highest BCUT2D eigenvalue weighted by molar-refractivity contribution is 7.17. The van der Waals surface area contributed by atoms with Crippen LogP contribution in [0.1, 0.15) is 41.6 Å². The molecule has 6 heteroatoms. The molecule has 2 rings (SSSR count). The van der Waals surface area contributed by atoms with Gasteiger partial charge in [-0.15, -0.1) is 0 Å². The van der Waals surface area contributed by atoms with E-state index in [2.05, 4.69) is 4.98 Å². The van der Waals surface area contributed by atoms with E-state index in [-0.39, 0.29) is 5.92 Å². The summed E-state index contributed by atoms with van der Waals surface area (Å²) in [6, 6.07) is 0.304. The molecule has 0 spiro atoms. The minimum Gasteiger partial charge on any atom is -0.477 e. The van der Waals surface area contributed by atoms with E-state index in [1.165, 1.54) is 11.3 Å². The third-order valence-corrected chi connectivity index (χ3v) is 4.29. The number of likely N-dealkylation sites (N-methyl/N-ethyl adjacent to an activating group) is 1. The van der Waals surface area contributed by atoms with E-state index in [1.54, 1.807) is 0 Å². The summed E-state index contributed by atoms with van der Waals surface area (Å²) in [7, 11) is 1.95. The maximum Gasteiger partial charge on any atom is 0.347 e. The van der Waals surface area contributed by atoms with E-state index in [0.29, 0.717) is 23.2 Å². The predicted molar refractivity (Wildman–Crippen MR) is 70.8 cm³/mol. The number of aromatic carboxylic acids is 1. The van der Waals surface area contributed by atoms with Gasteiger partial charge in [-0.2, -0.15) is 0 Å². The zero-order chi connectivity index (χ0) is 13.3. The number of hydrogen-bond donors (Lipinski definition) is 1. The SMILES string of the molecule is CC(C)c1nc(N(C)C2CCOC2)sc1C(=O)O. The standard InChI is InChI=1S/C12H18N2O3S/c1-7(2)9-10(11(15)16)18-12(13-9)14(3)8-4-5-17-6-8/h7-8H,4-6H2,1-3H3,(H,15,16). The van der Waals surface area contributed by atoms with Crippen molar-refractivity contribution < 1.29 is 14.6 Å². The van der Waals surface area contributed by atoms with Crippen molar-refractivity contribution in [3.05, 3.63) is 10.6 Å². The van der Waals surface area contributed by atoms with Crippen molar-refractivity contribution >= 4 is 22.4 Å². The van der Waals surface area contributed by atoms with E-state index < -0.39 is 5.97 Å². The first kappa shape index (κ1) is 13.3. The fourth-order valence-corrected chi connectivity index (χ4v) is 3.09. The van der Waals surface area contributed by atoms with Crippen molar-refractivity contribution in [2.24, 2.45) is 0 Å². The van der Waals surface area contributed by atoms with Crippen LogP contribution in [0.15, 0.2) is 0 Å². The van der Waals surface area contributed by atoms with Gasteiger partial charge in [0, 0.05) is 13.7 Å². The lowest BCUT2D eigenvalue weighted by Crippen LogP contribution is -2.31. The fourth-order valence-electron chi connectivity index (χ4n) is 2.00. The summed E-state index contributed by atoms with van der Waals surface area (Å²) in [5, 5.41) is 9.97. The van der Waals surface area contributed by atoms with Gasteiger partial charge in [0.2, 0.25) is 0 Å². The number of carbonyl (C=O) groups is 1. The van der Waals surface area contributed by atoms with Crippen LogP contribution in [0.2, 0.25) is 0 Å². The van der Waals surface area contributed by atoms with Crippen LogP contribution >= 0.6 is 11.3 Å². The molecule has 1 atom stereocenters. The first-order valence-corrected chi connectivity index (χ1v) is 6.87. The lowest BCUT2D eigenvalue weighted by molar-refractivity contribution is 0.0700. The molecule has 1 aromatic rings. The van der Waals surface area contributed by atoms with Crippen LogP contribution in [0.4, 0.5) is 5.13 Å². The Balaban J connectivity index is 2.28. The van der Waals surface area contributed by atoms with Gasteiger partial charge < -0.3 is 14.7 Å². The maximum absolute atomic E-state index is 11.2. The Morgan fingerprint density at radius 3 is 2.78 bits per heavy atom. The number of rotatable bonds is 4. The summed E-state index contributed by atoms with van der Waals surface area (Å²) in [5.41, 5.74) is 0.674. The number of ether oxygens (including phenoxy) is 1. The molecule has 2 heterocycles. The van der Waals surface area contributed by atoms with Gasteiger partial charge in [0.05, 0.1) is 18.3 Å². The molecule has 1 N–H and O–H groups in total. The number of nitrogens with zero attached hydrogens (tertiary/aromatic N) is 2. The molecular formula is C12H18N2O3S. The van der Waals surface area contributed by atoms with Crippen molar-refractivity contribution in [1.82, 2.24) is 4.98 Å². The number of carboxylic acids is 1. The molecule has 100 valence electrons. The molecule has 1 fully saturated rings. The Morgan fingerprint density at radius 2 is 2.33 bits per heavy atom. The van der Waals surface area contributed by atoms with Gasteiger partial charge in [-0.25, -0.2) is 9.78 Å². The van der Waals surface area contributed by atoms with Crippen LogP contribution < -0.4 is 4.90 Å². The molecule has 18 heavy (non-hydrogen) atoms. The molecule has 1 aliphatic heterocycles. The van der Waals surface area contributed by atoms with Crippen LogP contribution in [0, 0.1) is 0 Å². The van der Waals surface area contributed by atoms with Crippen molar-refractivity contribution in [3.63, 3.8) is 0 Å². The van der Waals surface area contributed by atoms with Crippen molar-refractivity contribution in [2.75, 3.05) is 25.2 Å². The fraction of sp³-hybridized carbons (Fsp3) is 0.667. The van der Waals surface area contributed by atoms with Gasteiger partial charge in [-0.1, -0.05) is 25.2 Å².